The van der Waals surface area contributed by atoms with Crippen molar-refractivity contribution in [2.24, 2.45) is 0 Å². The third-order valence-electron chi connectivity index (χ3n) is 11.6. The Kier molecular flexibility index (Phi) is 5.86. The van der Waals surface area contributed by atoms with Crippen molar-refractivity contribution in [3.63, 3.8) is 0 Å². The summed E-state index contributed by atoms with van der Waals surface area (Å²) in [6, 6.07) is 71.4. The molecule has 0 atom stereocenters. The molecule has 1 nitrogen and oxygen atoms in total. The van der Waals surface area contributed by atoms with Gasteiger partial charge in [0.2, 0.25) is 0 Å². The van der Waals surface area contributed by atoms with Crippen LogP contribution < -0.4 is 4.74 Å². The van der Waals surface area contributed by atoms with Crippen molar-refractivity contribution in [2.45, 2.75) is 10.8 Å². The molecule has 1 heterocycles. The van der Waals surface area contributed by atoms with Crippen LogP contribution in [0.4, 0.5) is 0 Å². The molecule has 0 aromatic heterocycles. The molecule has 0 saturated carbocycles. The number of hydrogen-bond acceptors (Lipinski definition) is 1. The summed E-state index contributed by atoms with van der Waals surface area (Å²) < 4.78 is 6.78. The molecule has 0 bridgehead atoms. The minimum absolute atomic E-state index is 0.453. The zero-order valence-electron chi connectivity index (χ0n) is 27.9. The van der Waals surface area contributed by atoms with Gasteiger partial charge in [-0.1, -0.05) is 176 Å². The first kappa shape index (κ1) is 28.4. The van der Waals surface area contributed by atoms with Crippen LogP contribution in [-0.2, 0) is 10.8 Å². The summed E-state index contributed by atoms with van der Waals surface area (Å²) in [5.74, 6) is 1.81. The summed E-state index contributed by atoms with van der Waals surface area (Å²) >= 11 is 0. The second-order valence-electron chi connectivity index (χ2n) is 13.9. The van der Waals surface area contributed by atoms with Crippen LogP contribution in [-0.4, -0.2) is 0 Å². The fourth-order valence-electron chi connectivity index (χ4n) is 9.76. The van der Waals surface area contributed by atoms with Crippen molar-refractivity contribution in [3.05, 3.63) is 239 Å². The Labute approximate surface area is 298 Å². The molecule has 0 radical (unpaired) electrons. The van der Waals surface area contributed by atoms with Crippen molar-refractivity contribution in [2.75, 3.05) is 0 Å². The molecular weight excluding hydrogens is 617 g/mol. The predicted molar refractivity (Wildman–Crippen MR) is 207 cm³/mol. The van der Waals surface area contributed by atoms with Crippen molar-refractivity contribution < 1.29 is 4.74 Å². The molecule has 8 aromatic carbocycles. The number of benzene rings is 8. The van der Waals surface area contributed by atoms with E-state index in [1.54, 1.807) is 0 Å². The molecule has 2 aliphatic carbocycles. The van der Waals surface area contributed by atoms with Gasteiger partial charge in [0.15, 0.2) is 0 Å². The molecule has 0 fully saturated rings. The number of fused-ring (bicyclic) bond motifs is 12. The Morgan fingerprint density at radius 3 is 1.41 bits per heavy atom. The quantitative estimate of drug-likeness (QED) is 0.185. The van der Waals surface area contributed by atoms with E-state index in [4.69, 9.17) is 4.74 Å². The highest BCUT2D eigenvalue weighted by Gasteiger charge is 2.51. The minimum atomic E-state index is -0.513. The van der Waals surface area contributed by atoms with E-state index in [1.807, 2.05) is 0 Å². The highest BCUT2D eigenvalue weighted by Crippen LogP contribution is 2.63. The zero-order valence-corrected chi connectivity index (χ0v) is 27.9. The summed E-state index contributed by atoms with van der Waals surface area (Å²) in [4.78, 5) is 0. The summed E-state index contributed by atoms with van der Waals surface area (Å²) in [5.41, 5.74) is 16.7. The average Bonchev–Trinajstić information content (AvgIpc) is 3.68. The third-order valence-corrected chi connectivity index (χ3v) is 11.6. The van der Waals surface area contributed by atoms with Crippen LogP contribution in [0.1, 0.15) is 44.5 Å². The van der Waals surface area contributed by atoms with Crippen LogP contribution in [0.25, 0.3) is 33.4 Å². The Bertz CT molecular complexity index is 2580. The van der Waals surface area contributed by atoms with Gasteiger partial charge in [0.1, 0.15) is 11.5 Å². The van der Waals surface area contributed by atoms with Gasteiger partial charge in [0.05, 0.1) is 10.8 Å². The molecule has 0 N–H and O–H groups in total. The number of hydrogen-bond donors (Lipinski definition) is 0. The van der Waals surface area contributed by atoms with Gasteiger partial charge >= 0.3 is 0 Å². The number of ether oxygens (including phenoxy) is 1. The van der Waals surface area contributed by atoms with Crippen LogP contribution in [0.2, 0.25) is 0 Å². The van der Waals surface area contributed by atoms with Crippen molar-refractivity contribution >= 4 is 0 Å². The van der Waals surface area contributed by atoms with Crippen LogP contribution in [0.15, 0.2) is 194 Å². The summed E-state index contributed by atoms with van der Waals surface area (Å²) in [6.07, 6.45) is 0. The topological polar surface area (TPSA) is 9.23 Å². The van der Waals surface area contributed by atoms with E-state index >= 15 is 0 Å². The largest absolute Gasteiger partial charge is 0.457 e. The van der Waals surface area contributed by atoms with Gasteiger partial charge in [-0.25, -0.2) is 0 Å². The Hall–Kier alpha value is -6.44. The molecule has 0 unspecified atom stereocenters. The van der Waals surface area contributed by atoms with Gasteiger partial charge < -0.3 is 4.74 Å². The third kappa shape index (κ3) is 3.60. The Balaban J connectivity index is 1.22. The summed E-state index contributed by atoms with van der Waals surface area (Å²) in [7, 11) is 0. The van der Waals surface area contributed by atoms with E-state index in [1.165, 1.54) is 77.9 Å². The lowest BCUT2D eigenvalue weighted by atomic mass is 9.65. The SMILES string of the molecule is c1ccc(C2(c3ccccc3)c3ccccc3-c3c(-c4ccc5c(c4)C4(c6ccccc6O5)c5ccccc5-c5ccccc54)cccc32)cc1. The van der Waals surface area contributed by atoms with Crippen molar-refractivity contribution in [1.82, 2.24) is 0 Å². The smallest absolute Gasteiger partial charge is 0.132 e. The molecule has 1 spiro atoms. The molecule has 11 rings (SSSR count). The number of para-hydroxylation sites is 1. The van der Waals surface area contributed by atoms with E-state index < -0.39 is 10.8 Å². The van der Waals surface area contributed by atoms with Gasteiger partial charge in [-0.15, -0.1) is 0 Å². The fourth-order valence-corrected chi connectivity index (χ4v) is 9.76. The van der Waals surface area contributed by atoms with Gasteiger partial charge in [-0.05, 0) is 85.0 Å². The van der Waals surface area contributed by atoms with E-state index in [9.17, 15) is 0 Å². The van der Waals surface area contributed by atoms with Crippen LogP contribution in [0.5, 0.6) is 11.5 Å². The first-order valence-electron chi connectivity index (χ1n) is 17.8. The van der Waals surface area contributed by atoms with Gasteiger partial charge in [-0.3, -0.25) is 0 Å². The summed E-state index contributed by atoms with van der Waals surface area (Å²) in [6.45, 7) is 0. The predicted octanol–water partition coefficient (Wildman–Crippen LogP) is 12.2. The maximum atomic E-state index is 6.78. The van der Waals surface area contributed by atoms with Crippen molar-refractivity contribution in [1.29, 1.82) is 0 Å². The maximum Gasteiger partial charge on any atom is 0.132 e. The molecule has 8 aromatic rings. The lowest BCUT2D eigenvalue weighted by Crippen LogP contribution is -2.32. The summed E-state index contributed by atoms with van der Waals surface area (Å²) in [5, 5.41) is 0. The highest BCUT2D eigenvalue weighted by molar-refractivity contribution is 5.96. The molecule has 3 aliphatic rings. The second-order valence-corrected chi connectivity index (χ2v) is 13.9. The van der Waals surface area contributed by atoms with Crippen LogP contribution >= 0.6 is 0 Å². The van der Waals surface area contributed by atoms with Crippen LogP contribution in [0, 0.1) is 0 Å². The van der Waals surface area contributed by atoms with Gasteiger partial charge in [0.25, 0.3) is 0 Å². The molecule has 1 heteroatoms. The first-order valence-corrected chi connectivity index (χ1v) is 17.8. The monoisotopic (exact) mass is 648 g/mol. The normalized spacial score (nSPS) is 14.7. The molecule has 0 amide bonds. The maximum absolute atomic E-state index is 6.78. The molecular formula is C50H32O. The van der Waals surface area contributed by atoms with E-state index in [-0.39, 0.29) is 0 Å². The number of rotatable bonds is 3. The van der Waals surface area contributed by atoms with E-state index in [0.29, 0.717) is 0 Å². The Morgan fingerprint density at radius 2 is 0.765 bits per heavy atom. The minimum Gasteiger partial charge on any atom is -0.457 e. The van der Waals surface area contributed by atoms with E-state index in [0.717, 1.165) is 11.5 Å². The highest BCUT2D eigenvalue weighted by atomic mass is 16.5. The molecule has 51 heavy (non-hydrogen) atoms. The average molecular weight is 649 g/mol. The van der Waals surface area contributed by atoms with Crippen molar-refractivity contribution in [3.8, 4) is 44.9 Å². The van der Waals surface area contributed by atoms with Crippen LogP contribution in [0.3, 0.4) is 0 Å². The molecule has 0 saturated heterocycles. The first-order chi connectivity index (χ1) is 25.3. The lowest BCUT2D eigenvalue weighted by Gasteiger charge is -2.39. The van der Waals surface area contributed by atoms with Gasteiger partial charge in [-0.2, -0.15) is 0 Å². The zero-order chi connectivity index (χ0) is 33.6. The molecule has 238 valence electrons. The van der Waals surface area contributed by atoms with E-state index in [2.05, 4.69) is 194 Å². The second kappa shape index (κ2) is 10.5. The van der Waals surface area contributed by atoms with Gasteiger partial charge in [0, 0.05) is 11.1 Å². The fraction of sp³-hybridized carbons (Fsp3) is 0.0400. The lowest BCUT2D eigenvalue weighted by molar-refractivity contribution is 0.436. The Morgan fingerprint density at radius 1 is 0.294 bits per heavy atom. The molecule has 1 aliphatic heterocycles. The standard InChI is InChI=1S/C50H32O/c1-3-16-34(17-4-1)49(35-18-5-2-6-19-35)42-26-12-9-22-39(42)48-36(23-15-28-44(48)49)33-30-31-47-45(32-33)50(43-27-13-14-29-46(43)51-47)40-24-10-7-20-37(40)38-21-8-11-25-41(38)50/h1-32H.